The van der Waals surface area contributed by atoms with Crippen LogP contribution in [0.15, 0.2) is 60.7 Å². The Kier molecular flexibility index (Phi) is 6.50. The van der Waals surface area contributed by atoms with Gasteiger partial charge in [0.1, 0.15) is 13.8 Å². The van der Waals surface area contributed by atoms with Crippen LogP contribution in [0.5, 0.6) is 5.75 Å². The van der Waals surface area contributed by atoms with E-state index in [1.54, 1.807) is 19.1 Å². The Balaban J connectivity index is 1.96. The summed E-state index contributed by atoms with van der Waals surface area (Å²) in [7, 11) is 1.69. The molecule has 1 heterocycles. The Morgan fingerprint density at radius 2 is 1.73 bits per heavy atom. The number of rotatable bonds is 6. The largest absolute Gasteiger partial charge is 0.497 e. The van der Waals surface area contributed by atoms with Crippen LogP contribution in [0.2, 0.25) is 19.6 Å². The second-order valence-electron chi connectivity index (χ2n) is 8.41. The SMILES string of the molecule is COc1ccc(N2C(=O)[C@@](CC#C[Si](C)(C)C)(OC)[C@H]2/C=C/c2ccccc2)cc1. The summed E-state index contributed by atoms with van der Waals surface area (Å²) in [5.41, 5.74) is 4.28. The first kappa shape index (κ1) is 21.9. The van der Waals surface area contributed by atoms with Crippen molar-refractivity contribution in [3.8, 4) is 17.2 Å². The zero-order valence-electron chi connectivity index (χ0n) is 18.3. The average molecular weight is 420 g/mol. The van der Waals surface area contributed by atoms with Gasteiger partial charge in [-0.3, -0.25) is 9.69 Å². The van der Waals surface area contributed by atoms with E-state index >= 15 is 0 Å². The Labute approximate surface area is 180 Å². The molecule has 0 radical (unpaired) electrons. The molecule has 30 heavy (non-hydrogen) atoms. The number of nitrogens with zero attached hydrogens (tertiary/aromatic N) is 1. The van der Waals surface area contributed by atoms with Gasteiger partial charge in [0.25, 0.3) is 5.91 Å². The lowest BCUT2D eigenvalue weighted by molar-refractivity contribution is -0.154. The minimum absolute atomic E-state index is 0.0669. The monoisotopic (exact) mass is 419 g/mol. The number of hydrogen-bond donors (Lipinski definition) is 0. The highest BCUT2D eigenvalue weighted by Gasteiger charge is 2.60. The number of methoxy groups -OCH3 is 2. The van der Waals surface area contributed by atoms with Crippen LogP contribution in [0.25, 0.3) is 6.08 Å². The minimum atomic E-state index is -1.54. The first-order valence-corrected chi connectivity index (χ1v) is 13.6. The zero-order valence-corrected chi connectivity index (χ0v) is 19.3. The summed E-state index contributed by atoms with van der Waals surface area (Å²) in [6.07, 6.45) is 4.46. The third-order valence-electron chi connectivity index (χ3n) is 5.14. The Morgan fingerprint density at radius 1 is 1.07 bits per heavy atom. The molecule has 3 rings (SSSR count). The number of carbonyl (C=O) groups excluding carboxylic acids is 1. The van der Waals surface area contributed by atoms with E-state index in [2.05, 4.69) is 31.1 Å². The van der Waals surface area contributed by atoms with Crippen LogP contribution in [-0.4, -0.2) is 39.8 Å². The maximum atomic E-state index is 13.3. The minimum Gasteiger partial charge on any atom is -0.497 e. The molecule has 156 valence electrons. The summed E-state index contributed by atoms with van der Waals surface area (Å²) in [5.74, 6) is 3.94. The molecule has 0 N–H and O–H groups in total. The molecule has 0 unspecified atom stereocenters. The highest BCUT2D eigenvalue weighted by molar-refractivity contribution is 6.83. The fourth-order valence-corrected chi connectivity index (χ4v) is 4.15. The number of hydrogen-bond acceptors (Lipinski definition) is 3. The molecule has 0 saturated carbocycles. The highest BCUT2D eigenvalue weighted by atomic mass is 28.3. The van der Waals surface area contributed by atoms with Gasteiger partial charge in [-0.1, -0.05) is 62.1 Å². The molecule has 2 aromatic rings. The molecule has 0 spiro atoms. The normalized spacial score (nSPS) is 21.2. The predicted octanol–water partition coefficient (Wildman–Crippen LogP) is 4.78. The summed E-state index contributed by atoms with van der Waals surface area (Å²) >= 11 is 0. The molecule has 1 saturated heterocycles. The van der Waals surface area contributed by atoms with E-state index in [0.29, 0.717) is 6.42 Å². The number of benzene rings is 2. The molecule has 1 fully saturated rings. The lowest BCUT2D eigenvalue weighted by Crippen LogP contribution is -2.74. The summed E-state index contributed by atoms with van der Waals surface area (Å²) in [5, 5.41) is 0. The van der Waals surface area contributed by atoms with Crippen LogP contribution in [0, 0.1) is 11.5 Å². The fourth-order valence-electron chi connectivity index (χ4n) is 3.53. The van der Waals surface area contributed by atoms with Crippen LogP contribution in [0.1, 0.15) is 12.0 Å². The number of carbonyl (C=O) groups is 1. The van der Waals surface area contributed by atoms with Gasteiger partial charge in [-0.2, -0.15) is 0 Å². The molecule has 1 aliphatic heterocycles. The molecule has 2 aromatic carbocycles. The summed E-state index contributed by atoms with van der Waals surface area (Å²) < 4.78 is 11.1. The number of β-lactam (4-membered cyclic amide) rings is 1. The van der Waals surface area contributed by atoms with Gasteiger partial charge < -0.3 is 9.47 Å². The van der Waals surface area contributed by atoms with Crippen molar-refractivity contribution in [2.24, 2.45) is 0 Å². The first-order chi connectivity index (χ1) is 14.3. The van der Waals surface area contributed by atoms with Crippen LogP contribution in [0.4, 0.5) is 5.69 Å². The van der Waals surface area contributed by atoms with Gasteiger partial charge in [0.15, 0.2) is 5.60 Å². The van der Waals surface area contributed by atoms with Gasteiger partial charge in [-0.15, -0.1) is 11.5 Å². The average Bonchev–Trinajstić information content (AvgIpc) is 2.74. The van der Waals surface area contributed by atoms with E-state index in [0.717, 1.165) is 17.0 Å². The third kappa shape index (κ3) is 4.51. The topological polar surface area (TPSA) is 38.8 Å². The van der Waals surface area contributed by atoms with E-state index in [-0.39, 0.29) is 11.9 Å². The molecular weight excluding hydrogens is 390 g/mol. The standard InChI is InChI=1S/C25H29NO3Si/c1-28-22-15-13-21(14-16-22)26-23(17-12-20-10-7-6-8-11-20)25(29-2,24(26)27)18-9-19-30(3,4)5/h6-8,10-17,23H,18H2,1-5H3/b17-12+/t23-,25+/m1/s1. The highest BCUT2D eigenvalue weighted by Crippen LogP contribution is 2.42. The quantitative estimate of drug-likeness (QED) is 0.384. The van der Waals surface area contributed by atoms with Gasteiger partial charge in [0.05, 0.1) is 13.2 Å². The lowest BCUT2D eigenvalue weighted by atomic mass is 9.78. The number of anilines is 1. The van der Waals surface area contributed by atoms with Gasteiger partial charge in [0.2, 0.25) is 0 Å². The molecule has 1 amide bonds. The van der Waals surface area contributed by atoms with Crippen molar-refractivity contribution in [3.05, 3.63) is 66.2 Å². The summed E-state index contributed by atoms with van der Waals surface area (Å²) in [6, 6.07) is 17.3. The number of amides is 1. The van der Waals surface area contributed by atoms with E-state index < -0.39 is 13.7 Å². The molecule has 0 aliphatic carbocycles. The fraction of sp³-hybridized carbons (Fsp3) is 0.320. The maximum Gasteiger partial charge on any atom is 0.263 e. The first-order valence-electron chi connectivity index (χ1n) is 10.1. The van der Waals surface area contributed by atoms with Crippen LogP contribution < -0.4 is 9.64 Å². The van der Waals surface area contributed by atoms with Crippen molar-refractivity contribution in [1.29, 1.82) is 0 Å². The van der Waals surface area contributed by atoms with Crippen molar-refractivity contribution < 1.29 is 14.3 Å². The molecule has 2 atom stereocenters. The van der Waals surface area contributed by atoms with Crippen LogP contribution in [-0.2, 0) is 9.53 Å². The maximum absolute atomic E-state index is 13.3. The molecular formula is C25H29NO3Si. The Morgan fingerprint density at radius 3 is 2.30 bits per heavy atom. The van der Waals surface area contributed by atoms with Crippen molar-refractivity contribution in [2.45, 2.75) is 37.7 Å². The molecule has 1 aliphatic rings. The molecule has 5 heteroatoms. The van der Waals surface area contributed by atoms with Gasteiger partial charge in [0, 0.05) is 19.2 Å². The summed E-state index contributed by atoms with van der Waals surface area (Å²) in [6.45, 7) is 6.58. The smallest absolute Gasteiger partial charge is 0.263 e. The Hall–Kier alpha value is -2.81. The van der Waals surface area contributed by atoms with Crippen molar-refractivity contribution in [2.75, 3.05) is 19.1 Å². The van der Waals surface area contributed by atoms with Gasteiger partial charge in [-0.05, 0) is 29.8 Å². The molecule has 0 bridgehead atoms. The van der Waals surface area contributed by atoms with Gasteiger partial charge in [-0.25, -0.2) is 0 Å². The van der Waals surface area contributed by atoms with Crippen LogP contribution in [0.3, 0.4) is 0 Å². The van der Waals surface area contributed by atoms with Crippen molar-refractivity contribution in [3.63, 3.8) is 0 Å². The van der Waals surface area contributed by atoms with Gasteiger partial charge >= 0.3 is 0 Å². The summed E-state index contributed by atoms with van der Waals surface area (Å²) in [4.78, 5) is 15.1. The van der Waals surface area contributed by atoms with E-state index in [9.17, 15) is 4.79 Å². The van der Waals surface area contributed by atoms with Crippen LogP contribution >= 0.6 is 0 Å². The second kappa shape index (κ2) is 8.91. The second-order valence-corrected chi connectivity index (χ2v) is 13.2. The van der Waals surface area contributed by atoms with Crippen molar-refractivity contribution in [1.82, 2.24) is 0 Å². The predicted molar refractivity (Wildman–Crippen MR) is 125 cm³/mol. The molecule has 4 nitrogen and oxygen atoms in total. The molecule has 0 aromatic heterocycles. The van der Waals surface area contributed by atoms with E-state index in [1.807, 2.05) is 66.7 Å². The zero-order chi connectivity index (χ0) is 21.8. The number of ether oxygens (including phenoxy) is 2. The Bertz CT molecular complexity index is 967. The lowest BCUT2D eigenvalue weighted by Gasteiger charge is -2.53. The third-order valence-corrected chi connectivity index (χ3v) is 6.06. The van der Waals surface area contributed by atoms with E-state index in [4.69, 9.17) is 9.47 Å². The van der Waals surface area contributed by atoms with Crippen molar-refractivity contribution >= 4 is 25.7 Å². The van der Waals surface area contributed by atoms with E-state index in [1.165, 1.54) is 0 Å².